The molecule has 0 unspecified atom stereocenters. The maximum atomic E-state index is 10.7. The number of para-hydroxylation sites is 1. The minimum Gasteiger partial charge on any atom is -0.478 e. The molecule has 1 saturated carbocycles. The van der Waals surface area contributed by atoms with Crippen molar-refractivity contribution in [3.8, 4) is 0 Å². The zero-order valence-corrected chi connectivity index (χ0v) is 11.1. The maximum Gasteiger partial charge on any atom is 0.328 e. The van der Waals surface area contributed by atoms with Crippen LogP contribution in [0.1, 0.15) is 18.4 Å². The SMILES string of the molecule is COCCN(c1ccccc1/C=C/C(=O)O)C1CC1. The molecule has 19 heavy (non-hydrogen) atoms. The van der Waals surface area contributed by atoms with Crippen LogP contribution in [0.5, 0.6) is 0 Å². The lowest BCUT2D eigenvalue weighted by atomic mass is 10.1. The Morgan fingerprint density at radius 2 is 2.21 bits per heavy atom. The third-order valence-electron chi connectivity index (χ3n) is 3.18. The quantitative estimate of drug-likeness (QED) is 0.766. The summed E-state index contributed by atoms with van der Waals surface area (Å²) in [4.78, 5) is 13.0. The van der Waals surface area contributed by atoms with Crippen LogP contribution in [0, 0.1) is 0 Å². The highest BCUT2D eigenvalue weighted by atomic mass is 16.5. The molecule has 4 heteroatoms. The molecule has 0 saturated heterocycles. The number of ether oxygens (including phenoxy) is 1. The third kappa shape index (κ3) is 3.83. The Hall–Kier alpha value is -1.81. The van der Waals surface area contributed by atoms with Gasteiger partial charge in [-0.05, 0) is 30.5 Å². The van der Waals surface area contributed by atoms with Crippen LogP contribution in [-0.2, 0) is 9.53 Å². The number of carboxylic acids is 1. The molecule has 0 radical (unpaired) electrons. The number of hydrogen-bond acceptors (Lipinski definition) is 3. The minimum absolute atomic E-state index is 0.564. The van der Waals surface area contributed by atoms with Gasteiger partial charge in [-0.2, -0.15) is 0 Å². The van der Waals surface area contributed by atoms with Crippen LogP contribution >= 0.6 is 0 Å². The van der Waals surface area contributed by atoms with Crippen LogP contribution in [0.3, 0.4) is 0 Å². The van der Waals surface area contributed by atoms with Crippen molar-refractivity contribution in [1.29, 1.82) is 0 Å². The average molecular weight is 261 g/mol. The molecular formula is C15H19NO3. The molecule has 0 aromatic heterocycles. The van der Waals surface area contributed by atoms with Gasteiger partial charge in [-0.25, -0.2) is 4.79 Å². The van der Waals surface area contributed by atoms with Gasteiger partial charge < -0.3 is 14.7 Å². The van der Waals surface area contributed by atoms with E-state index in [-0.39, 0.29) is 0 Å². The van der Waals surface area contributed by atoms with Gasteiger partial charge in [-0.15, -0.1) is 0 Å². The standard InChI is InChI=1S/C15H19NO3/c1-19-11-10-16(13-7-8-13)14-5-3-2-4-12(14)6-9-15(17)18/h2-6,9,13H,7-8,10-11H2,1H3,(H,17,18)/b9-6+. The highest BCUT2D eigenvalue weighted by molar-refractivity contribution is 5.87. The normalized spacial score (nSPS) is 14.8. The molecule has 0 aliphatic heterocycles. The van der Waals surface area contributed by atoms with Crippen molar-refractivity contribution in [3.63, 3.8) is 0 Å². The van der Waals surface area contributed by atoms with E-state index in [0.29, 0.717) is 12.6 Å². The molecule has 1 N–H and O–H groups in total. The van der Waals surface area contributed by atoms with E-state index < -0.39 is 5.97 Å². The van der Waals surface area contributed by atoms with E-state index in [4.69, 9.17) is 9.84 Å². The first-order valence-corrected chi connectivity index (χ1v) is 6.48. The van der Waals surface area contributed by atoms with Gasteiger partial charge in [0.05, 0.1) is 6.61 Å². The van der Waals surface area contributed by atoms with Crippen LogP contribution in [-0.4, -0.2) is 37.4 Å². The Labute approximate surface area is 113 Å². The van der Waals surface area contributed by atoms with Crippen molar-refractivity contribution < 1.29 is 14.6 Å². The van der Waals surface area contributed by atoms with Crippen LogP contribution in [0.4, 0.5) is 5.69 Å². The lowest BCUT2D eigenvalue weighted by Crippen LogP contribution is -2.30. The van der Waals surface area contributed by atoms with Crippen molar-refractivity contribution in [2.24, 2.45) is 0 Å². The second kappa shape index (κ2) is 6.38. The first-order valence-electron chi connectivity index (χ1n) is 6.48. The number of rotatable bonds is 7. The topological polar surface area (TPSA) is 49.8 Å². The van der Waals surface area contributed by atoms with E-state index in [9.17, 15) is 4.79 Å². The van der Waals surface area contributed by atoms with Gasteiger partial charge in [0, 0.05) is 31.5 Å². The van der Waals surface area contributed by atoms with Crippen molar-refractivity contribution in [2.75, 3.05) is 25.2 Å². The number of anilines is 1. The monoisotopic (exact) mass is 261 g/mol. The molecule has 0 heterocycles. The summed E-state index contributed by atoms with van der Waals surface area (Å²) in [5, 5.41) is 8.75. The minimum atomic E-state index is -0.926. The Bertz CT molecular complexity index is 466. The predicted octanol–water partition coefficient (Wildman–Crippen LogP) is 2.40. The number of aliphatic carboxylic acids is 1. The molecule has 1 aromatic carbocycles. The number of carbonyl (C=O) groups is 1. The zero-order chi connectivity index (χ0) is 13.7. The van der Waals surface area contributed by atoms with Gasteiger partial charge in [0.25, 0.3) is 0 Å². The molecule has 1 aliphatic rings. The Balaban J connectivity index is 2.22. The summed E-state index contributed by atoms with van der Waals surface area (Å²) >= 11 is 0. The van der Waals surface area contributed by atoms with Gasteiger partial charge >= 0.3 is 5.97 Å². The molecule has 1 aliphatic carbocycles. The van der Waals surface area contributed by atoms with Crippen LogP contribution in [0.25, 0.3) is 6.08 Å². The largest absolute Gasteiger partial charge is 0.478 e. The van der Waals surface area contributed by atoms with E-state index in [1.165, 1.54) is 18.9 Å². The second-order valence-corrected chi connectivity index (χ2v) is 4.65. The van der Waals surface area contributed by atoms with Gasteiger partial charge in [0.2, 0.25) is 0 Å². The number of benzene rings is 1. The summed E-state index contributed by atoms with van der Waals surface area (Å²) in [6.45, 7) is 1.51. The van der Waals surface area contributed by atoms with Crippen molar-refractivity contribution in [3.05, 3.63) is 35.9 Å². The summed E-state index contributed by atoms with van der Waals surface area (Å²) in [5.41, 5.74) is 2.02. The molecule has 0 atom stereocenters. The fraction of sp³-hybridized carbons (Fsp3) is 0.400. The van der Waals surface area contributed by atoms with E-state index in [0.717, 1.165) is 17.8 Å². The summed E-state index contributed by atoms with van der Waals surface area (Å²) in [6.07, 6.45) is 5.22. The van der Waals surface area contributed by atoms with E-state index in [2.05, 4.69) is 4.90 Å². The highest BCUT2D eigenvalue weighted by Crippen LogP contribution is 2.33. The average Bonchev–Trinajstić information content (AvgIpc) is 3.22. The Morgan fingerprint density at radius 3 is 2.84 bits per heavy atom. The molecular weight excluding hydrogens is 242 g/mol. The molecule has 0 bridgehead atoms. The summed E-state index contributed by atoms with van der Waals surface area (Å²) in [7, 11) is 1.70. The molecule has 0 amide bonds. The molecule has 1 aromatic rings. The molecule has 102 valence electrons. The lowest BCUT2D eigenvalue weighted by Gasteiger charge is -2.26. The van der Waals surface area contributed by atoms with Crippen molar-refractivity contribution in [2.45, 2.75) is 18.9 Å². The summed E-state index contributed by atoms with van der Waals surface area (Å²) in [6, 6.07) is 8.45. The Morgan fingerprint density at radius 1 is 1.47 bits per heavy atom. The smallest absolute Gasteiger partial charge is 0.328 e. The van der Waals surface area contributed by atoms with Crippen molar-refractivity contribution >= 4 is 17.7 Å². The van der Waals surface area contributed by atoms with Crippen LogP contribution in [0.15, 0.2) is 30.3 Å². The second-order valence-electron chi connectivity index (χ2n) is 4.65. The number of methoxy groups -OCH3 is 1. The lowest BCUT2D eigenvalue weighted by molar-refractivity contribution is -0.131. The fourth-order valence-corrected chi connectivity index (χ4v) is 2.13. The fourth-order valence-electron chi connectivity index (χ4n) is 2.13. The van der Waals surface area contributed by atoms with E-state index >= 15 is 0 Å². The number of hydrogen-bond donors (Lipinski definition) is 1. The molecule has 1 fully saturated rings. The first kappa shape index (κ1) is 13.6. The van der Waals surface area contributed by atoms with Crippen molar-refractivity contribution in [1.82, 2.24) is 0 Å². The van der Waals surface area contributed by atoms with Gasteiger partial charge in [-0.1, -0.05) is 18.2 Å². The Kier molecular flexibility index (Phi) is 4.58. The van der Waals surface area contributed by atoms with E-state index in [1.807, 2.05) is 24.3 Å². The number of carboxylic acid groups (broad SMARTS) is 1. The predicted molar refractivity (Wildman–Crippen MR) is 75.4 cm³/mol. The van der Waals surface area contributed by atoms with Gasteiger partial charge in [0.1, 0.15) is 0 Å². The summed E-state index contributed by atoms with van der Waals surface area (Å²) in [5.74, 6) is -0.926. The van der Waals surface area contributed by atoms with E-state index in [1.54, 1.807) is 13.2 Å². The zero-order valence-electron chi connectivity index (χ0n) is 11.1. The molecule has 4 nitrogen and oxygen atoms in total. The molecule has 2 rings (SSSR count). The maximum absolute atomic E-state index is 10.7. The van der Waals surface area contributed by atoms with Crippen LogP contribution < -0.4 is 4.90 Å². The third-order valence-corrected chi connectivity index (χ3v) is 3.18. The van der Waals surface area contributed by atoms with Gasteiger partial charge in [-0.3, -0.25) is 0 Å². The summed E-state index contributed by atoms with van der Waals surface area (Å²) < 4.78 is 5.16. The highest BCUT2D eigenvalue weighted by Gasteiger charge is 2.29. The van der Waals surface area contributed by atoms with Crippen LogP contribution in [0.2, 0.25) is 0 Å². The molecule has 0 spiro atoms. The first-order chi connectivity index (χ1) is 9.22. The number of nitrogens with zero attached hydrogens (tertiary/aromatic N) is 1. The van der Waals surface area contributed by atoms with Gasteiger partial charge in [0.15, 0.2) is 0 Å².